The van der Waals surface area contributed by atoms with E-state index in [9.17, 15) is 23.1 Å². The van der Waals surface area contributed by atoms with Crippen molar-refractivity contribution in [3.05, 3.63) is 85.1 Å². The molecule has 2 aromatic carbocycles. The average molecular weight is 496 g/mol. The van der Waals surface area contributed by atoms with E-state index in [1.165, 1.54) is 28.6 Å². The highest BCUT2D eigenvalue weighted by molar-refractivity contribution is 7.89. The molecule has 0 saturated carbocycles. The summed E-state index contributed by atoms with van der Waals surface area (Å²) in [6, 6.07) is 17.3. The Morgan fingerprint density at radius 3 is 2.46 bits per heavy atom. The number of rotatable bonds is 8. The number of anilines is 1. The highest BCUT2D eigenvalue weighted by atomic mass is 32.2. The standard InChI is InChI=1S/C25H25N3O6S/c1-2-24(30)26-19-14-20(16-29)28(15-19)35(32,33)21-10-8-18(9-11-21)27-25(31)23-13-12-22(34-23)17-6-4-3-5-7-17/h2-13,19-20,29H,1,14-16H2,(H,26,30)(H,27,31). The smallest absolute Gasteiger partial charge is 0.291 e. The number of benzene rings is 2. The third-order valence-corrected chi connectivity index (χ3v) is 7.65. The van der Waals surface area contributed by atoms with Gasteiger partial charge in [-0.1, -0.05) is 36.9 Å². The maximum absolute atomic E-state index is 13.2. The van der Waals surface area contributed by atoms with Gasteiger partial charge >= 0.3 is 0 Å². The maximum atomic E-state index is 13.2. The van der Waals surface area contributed by atoms with Crippen molar-refractivity contribution in [3.63, 3.8) is 0 Å². The van der Waals surface area contributed by atoms with Gasteiger partial charge in [0.15, 0.2) is 5.76 Å². The molecule has 4 rings (SSSR count). The van der Waals surface area contributed by atoms with Crippen molar-refractivity contribution in [1.29, 1.82) is 0 Å². The molecule has 3 aromatic rings. The number of carbonyl (C=O) groups excluding carboxylic acids is 2. The van der Waals surface area contributed by atoms with Crippen LogP contribution in [0.3, 0.4) is 0 Å². The molecule has 35 heavy (non-hydrogen) atoms. The molecule has 2 amide bonds. The monoisotopic (exact) mass is 495 g/mol. The molecule has 9 nitrogen and oxygen atoms in total. The van der Waals surface area contributed by atoms with Gasteiger partial charge in [-0.3, -0.25) is 9.59 Å². The van der Waals surface area contributed by atoms with E-state index in [1.54, 1.807) is 12.1 Å². The van der Waals surface area contributed by atoms with Crippen LogP contribution >= 0.6 is 0 Å². The first-order valence-corrected chi connectivity index (χ1v) is 12.4. The largest absolute Gasteiger partial charge is 0.451 e. The molecule has 1 aliphatic heterocycles. The van der Waals surface area contributed by atoms with Gasteiger partial charge in [0, 0.05) is 23.8 Å². The predicted molar refractivity (Wildman–Crippen MR) is 130 cm³/mol. The first-order valence-electron chi connectivity index (χ1n) is 10.9. The van der Waals surface area contributed by atoms with Gasteiger partial charge < -0.3 is 20.2 Å². The molecule has 3 N–H and O–H groups in total. The lowest BCUT2D eigenvalue weighted by molar-refractivity contribution is -0.117. The first kappa shape index (κ1) is 24.4. The van der Waals surface area contributed by atoms with Crippen molar-refractivity contribution in [1.82, 2.24) is 9.62 Å². The van der Waals surface area contributed by atoms with Crippen molar-refractivity contribution in [2.24, 2.45) is 0 Å². The van der Waals surface area contributed by atoms with Crippen LogP contribution in [-0.4, -0.2) is 54.9 Å². The Morgan fingerprint density at radius 1 is 1.09 bits per heavy atom. The number of furan rings is 1. The van der Waals surface area contributed by atoms with Crippen LogP contribution in [0.4, 0.5) is 5.69 Å². The Kier molecular flexibility index (Phi) is 7.15. The van der Waals surface area contributed by atoms with Crippen LogP contribution in [-0.2, 0) is 14.8 Å². The second-order valence-corrected chi connectivity index (χ2v) is 9.96. The molecule has 1 saturated heterocycles. The zero-order chi connectivity index (χ0) is 25.0. The number of amides is 2. The Bertz CT molecular complexity index is 1320. The Morgan fingerprint density at radius 2 is 1.80 bits per heavy atom. The van der Waals surface area contributed by atoms with Gasteiger partial charge in [-0.2, -0.15) is 4.31 Å². The number of nitrogens with zero attached hydrogens (tertiary/aromatic N) is 1. The third kappa shape index (κ3) is 5.35. The summed E-state index contributed by atoms with van der Waals surface area (Å²) in [5.41, 5.74) is 1.23. The lowest BCUT2D eigenvalue weighted by Gasteiger charge is -2.22. The summed E-state index contributed by atoms with van der Waals surface area (Å²) in [6.45, 7) is 3.05. The van der Waals surface area contributed by atoms with E-state index in [0.29, 0.717) is 11.4 Å². The zero-order valence-corrected chi connectivity index (χ0v) is 19.6. The fourth-order valence-corrected chi connectivity index (χ4v) is 5.64. The van der Waals surface area contributed by atoms with Gasteiger partial charge in [0.05, 0.1) is 17.5 Å². The number of sulfonamides is 1. The van der Waals surface area contributed by atoms with Crippen LogP contribution in [0.15, 0.2) is 88.7 Å². The van der Waals surface area contributed by atoms with E-state index in [2.05, 4.69) is 17.2 Å². The fraction of sp³-hybridized carbons (Fsp3) is 0.200. The van der Waals surface area contributed by atoms with Crippen LogP contribution in [0.25, 0.3) is 11.3 Å². The van der Waals surface area contributed by atoms with Gasteiger partial charge in [0.2, 0.25) is 15.9 Å². The molecule has 2 unspecified atom stereocenters. The van der Waals surface area contributed by atoms with E-state index >= 15 is 0 Å². The van der Waals surface area contributed by atoms with E-state index in [4.69, 9.17) is 4.42 Å². The summed E-state index contributed by atoms with van der Waals surface area (Å²) >= 11 is 0. The summed E-state index contributed by atoms with van der Waals surface area (Å²) in [5, 5.41) is 15.0. The maximum Gasteiger partial charge on any atom is 0.291 e. The predicted octanol–water partition coefficient (Wildman–Crippen LogP) is 2.63. The van der Waals surface area contributed by atoms with Gasteiger partial charge in [-0.25, -0.2) is 8.42 Å². The van der Waals surface area contributed by atoms with Crippen LogP contribution < -0.4 is 10.6 Å². The van der Waals surface area contributed by atoms with E-state index in [0.717, 1.165) is 11.6 Å². The number of hydrogen-bond donors (Lipinski definition) is 3. The first-order chi connectivity index (χ1) is 16.8. The minimum atomic E-state index is -3.94. The molecule has 1 fully saturated rings. The number of nitrogens with one attached hydrogen (secondary N) is 2. The van der Waals surface area contributed by atoms with Gasteiger partial charge in [0.1, 0.15) is 5.76 Å². The van der Waals surface area contributed by atoms with E-state index in [-0.39, 0.29) is 30.2 Å². The Hall–Kier alpha value is -3.73. The third-order valence-electron chi connectivity index (χ3n) is 5.71. The van der Waals surface area contributed by atoms with Crippen LogP contribution in [0.1, 0.15) is 17.0 Å². The highest BCUT2D eigenvalue weighted by Crippen LogP contribution is 2.27. The van der Waals surface area contributed by atoms with Gasteiger partial charge in [-0.15, -0.1) is 0 Å². The number of aliphatic hydroxyl groups excluding tert-OH is 1. The minimum absolute atomic E-state index is 0.00834. The van der Waals surface area contributed by atoms with Crippen molar-refractivity contribution in [2.75, 3.05) is 18.5 Å². The second-order valence-electron chi connectivity index (χ2n) is 8.06. The van der Waals surface area contributed by atoms with E-state index < -0.39 is 33.9 Å². The quantitative estimate of drug-likeness (QED) is 0.412. The van der Waals surface area contributed by atoms with Crippen LogP contribution in [0.2, 0.25) is 0 Å². The molecule has 0 aliphatic carbocycles. The molecule has 0 radical (unpaired) electrons. The molecule has 2 heterocycles. The van der Waals surface area contributed by atoms with Crippen LogP contribution in [0.5, 0.6) is 0 Å². The second kappa shape index (κ2) is 10.3. The lowest BCUT2D eigenvalue weighted by atomic mass is 10.2. The zero-order valence-electron chi connectivity index (χ0n) is 18.8. The summed E-state index contributed by atoms with van der Waals surface area (Å²) in [4.78, 5) is 24.2. The summed E-state index contributed by atoms with van der Waals surface area (Å²) in [6.07, 6.45) is 1.40. The molecule has 10 heteroatoms. The molecule has 1 aromatic heterocycles. The Balaban J connectivity index is 1.44. The normalized spacial score (nSPS) is 18.2. The van der Waals surface area contributed by atoms with Gasteiger partial charge in [-0.05, 0) is 48.9 Å². The van der Waals surface area contributed by atoms with Crippen LogP contribution in [0, 0.1) is 0 Å². The topological polar surface area (TPSA) is 129 Å². The number of carbonyl (C=O) groups is 2. The summed E-state index contributed by atoms with van der Waals surface area (Å²) in [7, 11) is -3.94. The highest BCUT2D eigenvalue weighted by Gasteiger charge is 2.40. The minimum Gasteiger partial charge on any atom is -0.451 e. The summed E-state index contributed by atoms with van der Waals surface area (Å²) in [5.74, 6) is -0.193. The van der Waals surface area contributed by atoms with Crippen molar-refractivity contribution in [3.8, 4) is 11.3 Å². The van der Waals surface area contributed by atoms with Crippen molar-refractivity contribution < 1.29 is 27.5 Å². The molecule has 0 bridgehead atoms. The van der Waals surface area contributed by atoms with Crippen molar-refractivity contribution >= 4 is 27.5 Å². The average Bonchev–Trinajstić information content (AvgIpc) is 3.53. The molecular formula is C25H25N3O6S. The molecule has 0 spiro atoms. The van der Waals surface area contributed by atoms with Gasteiger partial charge in [0.25, 0.3) is 5.91 Å². The fourth-order valence-electron chi connectivity index (χ4n) is 3.97. The lowest BCUT2D eigenvalue weighted by Crippen LogP contribution is -2.39. The Labute approximate surface area is 203 Å². The molecule has 1 aliphatic rings. The summed E-state index contributed by atoms with van der Waals surface area (Å²) < 4.78 is 33.2. The molecule has 2 atom stereocenters. The molecule has 182 valence electrons. The number of aliphatic hydroxyl groups is 1. The SMILES string of the molecule is C=CC(=O)NC1CC(CO)N(S(=O)(=O)c2ccc(NC(=O)c3ccc(-c4ccccc4)o3)cc2)C1. The molecular weight excluding hydrogens is 470 g/mol. The van der Waals surface area contributed by atoms with E-state index in [1.807, 2.05) is 30.3 Å². The number of hydrogen-bond acceptors (Lipinski definition) is 6. The van der Waals surface area contributed by atoms with Crippen molar-refractivity contribution in [2.45, 2.75) is 23.4 Å².